The molecule has 124 valence electrons. The zero-order valence-electron chi connectivity index (χ0n) is 13.7. The second-order valence-corrected chi connectivity index (χ2v) is 6.63. The summed E-state index contributed by atoms with van der Waals surface area (Å²) >= 11 is 0. The molecule has 2 fully saturated rings. The van der Waals surface area contributed by atoms with Crippen molar-refractivity contribution in [3.05, 3.63) is 11.4 Å². The molecule has 1 aliphatic carbocycles. The van der Waals surface area contributed by atoms with Gasteiger partial charge in [0, 0.05) is 12.5 Å². The van der Waals surface area contributed by atoms with Crippen LogP contribution in [0.2, 0.25) is 0 Å². The highest BCUT2D eigenvalue weighted by atomic mass is 35.5. The van der Waals surface area contributed by atoms with E-state index in [2.05, 4.69) is 22.7 Å². The molecular weight excluding hydrogens is 300 g/mol. The number of carbonyl (C=O) groups is 1. The van der Waals surface area contributed by atoms with Crippen molar-refractivity contribution in [2.75, 3.05) is 18.4 Å². The van der Waals surface area contributed by atoms with E-state index < -0.39 is 0 Å². The van der Waals surface area contributed by atoms with Crippen molar-refractivity contribution >= 4 is 24.0 Å². The number of aromatic nitrogens is 2. The maximum absolute atomic E-state index is 12.6. The third kappa shape index (κ3) is 3.01. The van der Waals surface area contributed by atoms with Crippen LogP contribution in [0.5, 0.6) is 0 Å². The molecule has 2 heterocycles. The molecule has 2 aliphatic rings. The van der Waals surface area contributed by atoms with Gasteiger partial charge in [-0.25, -0.2) is 0 Å². The third-order valence-electron chi connectivity index (χ3n) is 5.17. The normalized spacial score (nSPS) is 22.2. The smallest absolute Gasteiger partial charge is 0.228 e. The second kappa shape index (κ2) is 6.59. The highest BCUT2D eigenvalue weighted by molar-refractivity contribution is 5.96. The molecule has 6 heteroatoms. The van der Waals surface area contributed by atoms with Crippen LogP contribution in [-0.2, 0) is 11.3 Å². The van der Waals surface area contributed by atoms with Gasteiger partial charge in [0.1, 0.15) is 0 Å². The van der Waals surface area contributed by atoms with Crippen LogP contribution in [-0.4, -0.2) is 28.8 Å². The lowest BCUT2D eigenvalue weighted by Gasteiger charge is -2.23. The molecule has 3 rings (SSSR count). The van der Waals surface area contributed by atoms with Crippen LogP contribution in [0, 0.1) is 25.2 Å². The molecule has 1 unspecified atom stereocenters. The minimum absolute atomic E-state index is 0. The molecule has 0 bridgehead atoms. The Bertz CT molecular complexity index is 549. The maximum atomic E-state index is 12.6. The molecular formula is C16H27ClN4O. The number of aryl methyl sites for hydroxylation is 2. The van der Waals surface area contributed by atoms with Gasteiger partial charge < -0.3 is 10.6 Å². The first-order valence-electron chi connectivity index (χ1n) is 8.13. The Balaban J connectivity index is 0.00000176. The predicted molar refractivity (Wildman–Crippen MR) is 90.5 cm³/mol. The Labute approximate surface area is 138 Å². The lowest BCUT2D eigenvalue weighted by Crippen LogP contribution is -2.31. The molecule has 1 aromatic rings. The largest absolute Gasteiger partial charge is 0.323 e. The number of halogens is 1. The fourth-order valence-corrected chi connectivity index (χ4v) is 3.71. The Hall–Kier alpha value is -1.07. The lowest BCUT2D eigenvalue weighted by molar-refractivity contribution is -0.118. The molecule has 2 N–H and O–H groups in total. The van der Waals surface area contributed by atoms with Gasteiger partial charge in [0.05, 0.1) is 17.1 Å². The number of anilines is 1. The molecule has 1 saturated carbocycles. The summed E-state index contributed by atoms with van der Waals surface area (Å²) < 4.78 is 2.00. The van der Waals surface area contributed by atoms with Crippen molar-refractivity contribution in [1.29, 1.82) is 0 Å². The third-order valence-corrected chi connectivity index (χ3v) is 5.17. The molecule has 22 heavy (non-hydrogen) atoms. The van der Waals surface area contributed by atoms with E-state index in [1.54, 1.807) is 0 Å². The highest BCUT2D eigenvalue weighted by Gasteiger charge is 2.57. The van der Waals surface area contributed by atoms with Crippen LogP contribution in [0.3, 0.4) is 0 Å². The van der Waals surface area contributed by atoms with Crippen molar-refractivity contribution < 1.29 is 4.79 Å². The molecule has 1 saturated heterocycles. The first-order valence-corrected chi connectivity index (χ1v) is 8.13. The maximum Gasteiger partial charge on any atom is 0.228 e. The van der Waals surface area contributed by atoms with Crippen LogP contribution >= 0.6 is 12.4 Å². The first kappa shape index (κ1) is 17.3. The molecule has 1 amide bonds. The molecule has 1 spiro atoms. The number of nitrogens with zero attached hydrogens (tertiary/aromatic N) is 2. The molecule has 0 radical (unpaired) electrons. The van der Waals surface area contributed by atoms with Crippen molar-refractivity contribution in [2.45, 2.75) is 53.0 Å². The average molecular weight is 327 g/mol. The van der Waals surface area contributed by atoms with Gasteiger partial charge in [-0.3, -0.25) is 9.48 Å². The fraction of sp³-hybridized carbons (Fsp3) is 0.750. The molecule has 1 atom stereocenters. The van der Waals surface area contributed by atoms with Crippen molar-refractivity contribution in [3.63, 3.8) is 0 Å². The zero-order valence-corrected chi connectivity index (χ0v) is 14.6. The summed E-state index contributed by atoms with van der Waals surface area (Å²) in [5.74, 6) is 0.395. The Morgan fingerprint density at radius 1 is 1.41 bits per heavy atom. The van der Waals surface area contributed by atoms with E-state index in [0.717, 1.165) is 62.4 Å². The number of rotatable bonds is 4. The first-order chi connectivity index (χ1) is 10.1. The summed E-state index contributed by atoms with van der Waals surface area (Å²) in [6.07, 6.45) is 4.38. The van der Waals surface area contributed by atoms with Crippen molar-refractivity contribution in [3.8, 4) is 0 Å². The monoisotopic (exact) mass is 326 g/mol. The summed E-state index contributed by atoms with van der Waals surface area (Å²) in [5, 5.41) is 11.1. The Morgan fingerprint density at radius 3 is 2.73 bits per heavy atom. The number of carbonyl (C=O) groups excluding carboxylic acids is 1. The van der Waals surface area contributed by atoms with Gasteiger partial charge in [-0.1, -0.05) is 6.92 Å². The average Bonchev–Trinajstić information content (AvgIpc) is 3.10. The van der Waals surface area contributed by atoms with Gasteiger partial charge in [-0.05, 0) is 58.0 Å². The van der Waals surface area contributed by atoms with Gasteiger partial charge in [0.2, 0.25) is 5.91 Å². The summed E-state index contributed by atoms with van der Waals surface area (Å²) in [6, 6.07) is 0. The molecule has 5 nitrogen and oxygen atoms in total. The van der Waals surface area contributed by atoms with Crippen LogP contribution in [0.25, 0.3) is 0 Å². The van der Waals surface area contributed by atoms with Crippen molar-refractivity contribution in [1.82, 2.24) is 15.1 Å². The molecule has 1 aromatic heterocycles. The van der Waals surface area contributed by atoms with E-state index in [1.807, 2.05) is 18.5 Å². The van der Waals surface area contributed by atoms with Gasteiger partial charge in [-0.2, -0.15) is 5.10 Å². The van der Waals surface area contributed by atoms with E-state index in [1.165, 1.54) is 0 Å². The van der Waals surface area contributed by atoms with Crippen molar-refractivity contribution in [2.24, 2.45) is 11.3 Å². The fourth-order valence-electron chi connectivity index (χ4n) is 3.71. The van der Waals surface area contributed by atoms with Gasteiger partial charge in [0.15, 0.2) is 0 Å². The van der Waals surface area contributed by atoms with E-state index in [4.69, 9.17) is 0 Å². The lowest BCUT2D eigenvalue weighted by atomic mass is 9.92. The van der Waals surface area contributed by atoms with Crippen LogP contribution in [0.1, 0.15) is 44.0 Å². The standard InChI is InChI=1S/C16H26N4O.ClH/c1-4-9-20-12(3)14(11(2)19-20)18-15(21)13-10-16(13)5-7-17-8-6-16;/h13,17H,4-10H2,1-3H3,(H,18,21);1H. The number of amides is 1. The summed E-state index contributed by atoms with van der Waals surface area (Å²) in [4.78, 5) is 12.6. The number of hydrogen-bond donors (Lipinski definition) is 2. The minimum Gasteiger partial charge on any atom is -0.323 e. The number of piperidine rings is 1. The highest BCUT2D eigenvalue weighted by Crippen LogP contribution is 2.58. The van der Waals surface area contributed by atoms with E-state index >= 15 is 0 Å². The SMILES string of the molecule is CCCn1nc(C)c(NC(=O)C2CC23CCNCC3)c1C.Cl. The topological polar surface area (TPSA) is 59.0 Å². The summed E-state index contributed by atoms with van der Waals surface area (Å²) in [6.45, 7) is 9.16. The van der Waals surface area contributed by atoms with Gasteiger partial charge in [-0.15, -0.1) is 12.4 Å². The molecule has 1 aliphatic heterocycles. The Kier molecular flexibility index (Phi) is 5.17. The van der Waals surface area contributed by atoms with Gasteiger partial charge >= 0.3 is 0 Å². The Morgan fingerprint density at radius 2 is 2.09 bits per heavy atom. The van der Waals surface area contributed by atoms with Crippen LogP contribution in [0.15, 0.2) is 0 Å². The van der Waals surface area contributed by atoms with E-state index in [9.17, 15) is 4.79 Å². The number of hydrogen-bond acceptors (Lipinski definition) is 3. The predicted octanol–water partition coefficient (Wildman–Crippen LogP) is 2.66. The minimum atomic E-state index is 0. The number of nitrogens with one attached hydrogen (secondary N) is 2. The quantitative estimate of drug-likeness (QED) is 0.894. The van der Waals surface area contributed by atoms with Gasteiger partial charge in [0.25, 0.3) is 0 Å². The summed E-state index contributed by atoms with van der Waals surface area (Å²) in [5.41, 5.74) is 3.21. The molecule has 0 aromatic carbocycles. The van der Waals surface area contributed by atoms with Crippen LogP contribution < -0.4 is 10.6 Å². The second-order valence-electron chi connectivity index (χ2n) is 6.63. The zero-order chi connectivity index (χ0) is 15.0. The van der Waals surface area contributed by atoms with Crippen LogP contribution in [0.4, 0.5) is 5.69 Å². The summed E-state index contributed by atoms with van der Waals surface area (Å²) in [7, 11) is 0. The van der Waals surface area contributed by atoms with E-state index in [0.29, 0.717) is 0 Å². The van der Waals surface area contributed by atoms with E-state index in [-0.39, 0.29) is 29.6 Å².